The molecule has 108 valence electrons. The van der Waals surface area contributed by atoms with Crippen molar-refractivity contribution in [3.05, 3.63) is 47.0 Å². The summed E-state index contributed by atoms with van der Waals surface area (Å²) in [6, 6.07) is 8.51. The van der Waals surface area contributed by atoms with Gasteiger partial charge < -0.3 is 5.11 Å². The third-order valence-electron chi connectivity index (χ3n) is 4.42. The lowest BCUT2D eigenvalue weighted by atomic mass is 9.73. The number of benzene rings is 1. The molecule has 0 aromatic heterocycles. The Morgan fingerprint density at radius 1 is 1.30 bits per heavy atom. The maximum Gasteiger partial charge on any atom is 0.307 e. The number of rotatable bonds is 5. The van der Waals surface area contributed by atoms with Gasteiger partial charge in [-0.3, -0.25) is 4.79 Å². The topological polar surface area (TPSA) is 37.3 Å². The molecule has 0 spiro atoms. The van der Waals surface area contributed by atoms with E-state index in [0.717, 1.165) is 30.2 Å². The van der Waals surface area contributed by atoms with Gasteiger partial charge in [-0.2, -0.15) is 0 Å². The Kier molecular flexibility index (Phi) is 5.41. The van der Waals surface area contributed by atoms with E-state index in [1.54, 1.807) is 6.08 Å². The zero-order valence-electron chi connectivity index (χ0n) is 11.6. The van der Waals surface area contributed by atoms with Crippen LogP contribution in [0.1, 0.15) is 43.6 Å². The van der Waals surface area contributed by atoms with Crippen LogP contribution in [-0.4, -0.2) is 11.1 Å². The molecule has 1 fully saturated rings. The first-order chi connectivity index (χ1) is 9.61. The highest BCUT2D eigenvalue weighted by Gasteiger charge is 2.31. The Morgan fingerprint density at radius 2 is 1.90 bits per heavy atom. The van der Waals surface area contributed by atoms with Crippen LogP contribution in [0.2, 0.25) is 0 Å². The molecule has 2 nitrogen and oxygen atoms in total. The number of hydrogen-bond acceptors (Lipinski definition) is 1. The van der Waals surface area contributed by atoms with Gasteiger partial charge in [0.05, 0.1) is 5.92 Å². The normalized spacial score (nSPS) is 24.1. The second-order valence-corrected chi connectivity index (χ2v) is 6.55. The van der Waals surface area contributed by atoms with Gasteiger partial charge >= 0.3 is 5.97 Å². The van der Waals surface area contributed by atoms with E-state index in [9.17, 15) is 9.90 Å². The summed E-state index contributed by atoms with van der Waals surface area (Å²) >= 11 is 3.46. The molecule has 0 amide bonds. The van der Waals surface area contributed by atoms with Crippen LogP contribution in [0.15, 0.2) is 41.4 Å². The van der Waals surface area contributed by atoms with Crippen LogP contribution in [-0.2, 0) is 4.79 Å². The van der Waals surface area contributed by atoms with Crippen molar-refractivity contribution in [1.82, 2.24) is 0 Å². The summed E-state index contributed by atoms with van der Waals surface area (Å²) in [5.41, 5.74) is 1.38. The molecule has 0 heterocycles. The average Bonchev–Trinajstić information content (AvgIpc) is 2.45. The summed E-state index contributed by atoms with van der Waals surface area (Å²) in [6.45, 7) is 3.68. The largest absolute Gasteiger partial charge is 0.481 e. The fourth-order valence-corrected chi connectivity index (χ4v) is 3.53. The summed E-state index contributed by atoms with van der Waals surface area (Å²) in [5, 5.41) is 9.32. The maximum absolute atomic E-state index is 11.3. The van der Waals surface area contributed by atoms with Crippen LogP contribution in [0.3, 0.4) is 0 Å². The molecule has 2 rings (SSSR count). The highest BCUT2D eigenvalue weighted by molar-refractivity contribution is 9.10. The standard InChI is InChI=1S/C17H21BrO2/c1-2-3-16(17(19)20)14-6-4-12(5-7-14)13-8-10-15(18)11-9-13/h2,8-12,14,16H,1,3-7H2,(H,19,20). The van der Waals surface area contributed by atoms with Crippen molar-refractivity contribution in [3.8, 4) is 0 Å². The summed E-state index contributed by atoms with van der Waals surface area (Å²) in [4.78, 5) is 11.3. The number of carboxylic acid groups (broad SMARTS) is 1. The zero-order valence-corrected chi connectivity index (χ0v) is 13.2. The first-order valence-electron chi connectivity index (χ1n) is 7.21. The lowest BCUT2D eigenvalue weighted by Crippen LogP contribution is -2.26. The first-order valence-corrected chi connectivity index (χ1v) is 8.00. The maximum atomic E-state index is 11.3. The lowest BCUT2D eigenvalue weighted by molar-refractivity contribution is -0.144. The van der Waals surface area contributed by atoms with E-state index in [-0.39, 0.29) is 5.92 Å². The van der Waals surface area contributed by atoms with Crippen molar-refractivity contribution in [3.63, 3.8) is 0 Å². The summed E-state index contributed by atoms with van der Waals surface area (Å²) in [6.07, 6.45) is 6.51. The zero-order chi connectivity index (χ0) is 14.5. The van der Waals surface area contributed by atoms with E-state index in [0.29, 0.717) is 18.3 Å². The van der Waals surface area contributed by atoms with Crippen LogP contribution in [0.25, 0.3) is 0 Å². The molecule has 0 radical (unpaired) electrons. The molecule has 1 aliphatic carbocycles. The van der Waals surface area contributed by atoms with Crippen LogP contribution in [0.5, 0.6) is 0 Å². The van der Waals surface area contributed by atoms with Gasteiger partial charge in [0.25, 0.3) is 0 Å². The Balaban J connectivity index is 1.96. The van der Waals surface area contributed by atoms with Gasteiger partial charge in [-0.1, -0.05) is 34.1 Å². The van der Waals surface area contributed by atoms with Crippen LogP contribution in [0, 0.1) is 11.8 Å². The van der Waals surface area contributed by atoms with Crippen molar-refractivity contribution in [1.29, 1.82) is 0 Å². The molecule has 1 aromatic carbocycles. The van der Waals surface area contributed by atoms with Crippen LogP contribution < -0.4 is 0 Å². The molecule has 1 unspecified atom stereocenters. The van der Waals surface area contributed by atoms with Gasteiger partial charge in [0.15, 0.2) is 0 Å². The number of allylic oxidation sites excluding steroid dienone is 1. The van der Waals surface area contributed by atoms with Gasteiger partial charge in [-0.05, 0) is 61.6 Å². The van der Waals surface area contributed by atoms with E-state index in [2.05, 4.69) is 46.8 Å². The molecule has 1 aliphatic rings. The second kappa shape index (κ2) is 7.07. The molecule has 0 saturated heterocycles. The van der Waals surface area contributed by atoms with Crippen LogP contribution >= 0.6 is 15.9 Å². The molecule has 1 N–H and O–H groups in total. The fourth-order valence-electron chi connectivity index (χ4n) is 3.26. The molecule has 0 aliphatic heterocycles. The third kappa shape index (κ3) is 3.72. The Bertz CT molecular complexity index is 458. The number of carbonyl (C=O) groups is 1. The second-order valence-electron chi connectivity index (χ2n) is 5.63. The van der Waals surface area contributed by atoms with Gasteiger partial charge in [-0.15, -0.1) is 6.58 Å². The summed E-state index contributed by atoms with van der Waals surface area (Å²) < 4.78 is 1.10. The lowest BCUT2D eigenvalue weighted by Gasteiger charge is -2.32. The predicted molar refractivity (Wildman–Crippen MR) is 84.8 cm³/mol. The van der Waals surface area contributed by atoms with Gasteiger partial charge in [0, 0.05) is 4.47 Å². The molecular weight excluding hydrogens is 316 g/mol. The monoisotopic (exact) mass is 336 g/mol. The Labute approximate surface area is 129 Å². The van der Waals surface area contributed by atoms with Crippen molar-refractivity contribution in [2.24, 2.45) is 11.8 Å². The number of carboxylic acids is 1. The minimum Gasteiger partial charge on any atom is -0.481 e. The van der Waals surface area contributed by atoms with Crippen molar-refractivity contribution >= 4 is 21.9 Å². The summed E-state index contributed by atoms with van der Waals surface area (Å²) in [7, 11) is 0. The van der Waals surface area contributed by atoms with Crippen molar-refractivity contribution in [2.75, 3.05) is 0 Å². The molecule has 1 aromatic rings. The number of aliphatic carboxylic acids is 1. The SMILES string of the molecule is C=CCC(C(=O)O)C1CCC(c2ccc(Br)cc2)CC1. The fraction of sp³-hybridized carbons (Fsp3) is 0.471. The highest BCUT2D eigenvalue weighted by Crippen LogP contribution is 2.40. The average molecular weight is 337 g/mol. The highest BCUT2D eigenvalue weighted by atomic mass is 79.9. The van der Waals surface area contributed by atoms with E-state index >= 15 is 0 Å². The van der Waals surface area contributed by atoms with E-state index in [1.165, 1.54) is 5.56 Å². The van der Waals surface area contributed by atoms with Crippen LogP contribution in [0.4, 0.5) is 0 Å². The van der Waals surface area contributed by atoms with E-state index in [4.69, 9.17) is 0 Å². The van der Waals surface area contributed by atoms with E-state index in [1.807, 2.05) is 0 Å². The smallest absolute Gasteiger partial charge is 0.307 e. The minimum atomic E-state index is -0.669. The van der Waals surface area contributed by atoms with Gasteiger partial charge in [-0.25, -0.2) is 0 Å². The molecule has 3 heteroatoms. The van der Waals surface area contributed by atoms with Gasteiger partial charge in [0.2, 0.25) is 0 Å². The molecule has 1 saturated carbocycles. The predicted octanol–water partition coefficient (Wildman–Crippen LogP) is 5.00. The number of halogens is 1. The van der Waals surface area contributed by atoms with E-state index < -0.39 is 5.97 Å². The first kappa shape index (κ1) is 15.3. The molecule has 20 heavy (non-hydrogen) atoms. The Hall–Kier alpha value is -1.09. The Morgan fingerprint density at radius 3 is 2.40 bits per heavy atom. The third-order valence-corrected chi connectivity index (χ3v) is 4.95. The molecule has 1 atom stereocenters. The molecule has 0 bridgehead atoms. The number of hydrogen-bond donors (Lipinski definition) is 1. The van der Waals surface area contributed by atoms with Crippen molar-refractivity contribution < 1.29 is 9.90 Å². The minimum absolute atomic E-state index is 0.252. The molecular formula is C17H21BrO2. The summed E-state index contributed by atoms with van der Waals surface area (Å²) in [5.74, 6) is -0.0370. The quantitative estimate of drug-likeness (QED) is 0.768. The van der Waals surface area contributed by atoms with Gasteiger partial charge in [0.1, 0.15) is 0 Å². The van der Waals surface area contributed by atoms with Crippen molar-refractivity contribution in [2.45, 2.75) is 38.0 Å².